The molecule has 1 saturated carbocycles. The zero-order valence-corrected chi connectivity index (χ0v) is 20.5. The summed E-state index contributed by atoms with van der Waals surface area (Å²) in [5, 5.41) is 11.7. The molecule has 1 fully saturated rings. The van der Waals surface area contributed by atoms with Crippen LogP contribution in [0.4, 0.5) is 4.39 Å². The third-order valence-electron chi connectivity index (χ3n) is 7.27. The number of aryl methyl sites for hydroxylation is 1. The fourth-order valence-corrected chi connectivity index (χ4v) is 5.15. The first kappa shape index (κ1) is 25.1. The maximum atomic E-state index is 13.3. The highest BCUT2D eigenvalue weighted by Gasteiger charge is 2.46. The lowest BCUT2D eigenvalue weighted by molar-refractivity contribution is -0.694. The molecule has 1 N–H and O–H groups in total. The molecule has 1 aliphatic carbocycles. The second kappa shape index (κ2) is 11.6. The Bertz CT molecular complexity index is 1090. The second-order valence-electron chi connectivity index (χ2n) is 9.60. The van der Waals surface area contributed by atoms with E-state index in [-0.39, 0.29) is 18.3 Å². The molecular weight excluding hydrogens is 443 g/mol. The van der Waals surface area contributed by atoms with Gasteiger partial charge in [-0.1, -0.05) is 68.1 Å². The van der Waals surface area contributed by atoms with E-state index in [4.69, 9.17) is 4.74 Å². The highest BCUT2D eigenvalue weighted by atomic mass is 19.1. The minimum Gasteiger partial charge on any atom is -0.463 e. The Morgan fingerprint density at radius 2 is 1.77 bits per heavy atom. The molecule has 1 atom stereocenters. The maximum absolute atomic E-state index is 13.3. The first-order chi connectivity index (χ1) is 17.0. The Kier molecular flexibility index (Phi) is 8.34. The van der Waals surface area contributed by atoms with E-state index in [2.05, 4.69) is 9.13 Å². The predicted octanol–water partition coefficient (Wildman–Crippen LogP) is 5.06. The molecule has 2 aromatic carbocycles. The zero-order chi connectivity index (χ0) is 24.7. The molecule has 1 heterocycles. The number of halogens is 1. The van der Waals surface area contributed by atoms with Crippen molar-refractivity contribution in [2.45, 2.75) is 70.6 Å². The third kappa shape index (κ3) is 5.99. The molecule has 0 aliphatic heterocycles. The number of imidazole rings is 1. The molecule has 1 unspecified atom stereocenters. The van der Waals surface area contributed by atoms with Crippen LogP contribution in [0.2, 0.25) is 0 Å². The summed E-state index contributed by atoms with van der Waals surface area (Å²) in [5.41, 5.74) is 0.0533. The fraction of sp³-hybridized carbons (Fsp3) is 0.448. The molecule has 3 aromatic rings. The molecule has 0 spiro atoms. The highest BCUT2D eigenvalue weighted by Crippen LogP contribution is 2.39. The van der Waals surface area contributed by atoms with Gasteiger partial charge in [0.15, 0.2) is 5.60 Å². The molecule has 0 radical (unpaired) electrons. The average molecular weight is 480 g/mol. The lowest BCUT2D eigenvalue weighted by Crippen LogP contribution is -2.44. The van der Waals surface area contributed by atoms with Crippen LogP contribution in [0.3, 0.4) is 0 Å². The van der Waals surface area contributed by atoms with E-state index < -0.39 is 11.6 Å². The molecule has 0 saturated heterocycles. The SMILES string of the molecule is Cc1n(CCCOC(=O)C(O)(c2ccccc2)C2CCCCCC2)cc[n+]1Cc1ccc(F)cc1. The summed E-state index contributed by atoms with van der Waals surface area (Å²) in [4.78, 5) is 13.3. The van der Waals surface area contributed by atoms with E-state index in [1.807, 2.05) is 49.6 Å². The lowest BCUT2D eigenvalue weighted by atomic mass is 9.77. The number of hydrogen-bond donors (Lipinski definition) is 1. The molecule has 1 aromatic heterocycles. The number of carbonyl (C=O) groups excluding carboxylic acids is 1. The number of benzene rings is 2. The Morgan fingerprint density at radius 3 is 2.46 bits per heavy atom. The Balaban J connectivity index is 1.36. The number of aliphatic hydroxyl groups is 1. The van der Waals surface area contributed by atoms with Gasteiger partial charge in [0.25, 0.3) is 5.82 Å². The monoisotopic (exact) mass is 479 g/mol. The van der Waals surface area contributed by atoms with E-state index >= 15 is 0 Å². The van der Waals surface area contributed by atoms with Gasteiger partial charge in [0.2, 0.25) is 0 Å². The van der Waals surface area contributed by atoms with Crippen molar-refractivity contribution in [3.8, 4) is 0 Å². The summed E-state index contributed by atoms with van der Waals surface area (Å²) < 4.78 is 23.1. The number of ether oxygens (including phenoxy) is 1. The summed E-state index contributed by atoms with van der Waals surface area (Å²) in [6.07, 6.45) is 10.7. The molecule has 1 aliphatic rings. The van der Waals surface area contributed by atoms with E-state index in [9.17, 15) is 14.3 Å². The van der Waals surface area contributed by atoms with Gasteiger partial charge in [-0.3, -0.25) is 0 Å². The standard InChI is InChI=1S/C29H36FN2O3/c1-23-31(19-20-32(23)22-24-14-16-27(30)17-15-24)18-9-21-35-28(33)29(34,26-12-7-4-8-13-26)25-10-5-2-3-6-11-25/h4,7-8,12-17,19-20,25,34H,2-3,5-6,9-11,18,21-22H2,1H3/q+1. The zero-order valence-electron chi connectivity index (χ0n) is 20.5. The van der Waals surface area contributed by atoms with Crippen molar-refractivity contribution in [1.82, 2.24) is 4.57 Å². The molecular formula is C29H36FN2O3+. The normalized spacial score (nSPS) is 16.4. The lowest BCUT2D eigenvalue weighted by Gasteiger charge is -2.34. The van der Waals surface area contributed by atoms with Crippen molar-refractivity contribution >= 4 is 5.97 Å². The first-order valence-corrected chi connectivity index (χ1v) is 12.7. The van der Waals surface area contributed by atoms with Crippen LogP contribution < -0.4 is 4.57 Å². The number of aromatic nitrogens is 2. The maximum Gasteiger partial charge on any atom is 0.343 e. The number of hydrogen-bond acceptors (Lipinski definition) is 3. The first-order valence-electron chi connectivity index (χ1n) is 12.7. The van der Waals surface area contributed by atoms with Crippen LogP contribution in [0, 0.1) is 18.7 Å². The highest BCUT2D eigenvalue weighted by molar-refractivity contribution is 5.81. The topological polar surface area (TPSA) is 55.3 Å². The van der Waals surface area contributed by atoms with Crippen LogP contribution in [-0.2, 0) is 28.2 Å². The van der Waals surface area contributed by atoms with E-state index in [1.54, 1.807) is 12.1 Å². The fourth-order valence-electron chi connectivity index (χ4n) is 5.15. The number of esters is 1. The van der Waals surface area contributed by atoms with Crippen molar-refractivity contribution in [3.63, 3.8) is 0 Å². The van der Waals surface area contributed by atoms with Gasteiger partial charge in [0, 0.05) is 19.3 Å². The Morgan fingerprint density at radius 1 is 1.09 bits per heavy atom. The van der Waals surface area contributed by atoms with Crippen molar-refractivity contribution in [3.05, 3.63) is 89.8 Å². The van der Waals surface area contributed by atoms with Crippen molar-refractivity contribution in [2.75, 3.05) is 6.61 Å². The molecule has 0 amide bonds. The molecule has 0 bridgehead atoms. The predicted molar refractivity (Wildman–Crippen MR) is 132 cm³/mol. The van der Waals surface area contributed by atoms with Crippen LogP contribution in [0.25, 0.3) is 0 Å². The summed E-state index contributed by atoms with van der Waals surface area (Å²) in [5.74, 6) is 0.170. The largest absolute Gasteiger partial charge is 0.463 e. The van der Waals surface area contributed by atoms with E-state index in [0.717, 1.165) is 49.9 Å². The van der Waals surface area contributed by atoms with Crippen molar-refractivity contribution in [1.29, 1.82) is 0 Å². The van der Waals surface area contributed by atoms with Gasteiger partial charge in [0.1, 0.15) is 24.8 Å². The Labute approximate surface area is 207 Å². The number of nitrogens with zero attached hydrogens (tertiary/aromatic N) is 2. The van der Waals surface area contributed by atoms with Crippen LogP contribution in [0.1, 0.15) is 61.9 Å². The Hall–Kier alpha value is -2.99. The van der Waals surface area contributed by atoms with Gasteiger partial charge in [0.05, 0.1) is 13.2 Å². The quantitative estimate of drug-likeness (QED) is 0.202. The smallest absolute Gasteiger partial charge is 0.343 e. The van der Waals surface area contributed by atoms with Gasteiger partial charge in [-0.15, -0.1) is 0 Å². The molecule has 6 heteroatoms. The van der Waals surface area contributed by atoms with Crippen LogP contribution in [0.5, 0.6) is 0 Å². The van der Waals surface area contributed by atoms with E-state index in [0.29, 0.717) is 25.1 Å². The van der Waals surface area contributed by atoms with Gasteiger partial charge in [-0.25, -0.2) is 18.3 Å². The van der Waals surface area contributed by atoms with Gasteiger partial charge in [-0.05, 0) is 36.1 Å². The molecule has 186 valence electrons. The minimum absolute atomic E-state index is 0.128. The average Bonchev–Trinajstić information content (AvgIpc) is 3.06. The molecule has 5 nitrogen and oxygen atoms in total. The van der Waals surface area contributed by atoms with Crippen LogP contribution >= 0.6 is 0 Å². The third-order valence-corrected chi connectivity index (χ3v) is 7.27. The molecule has 4 rings (SSSR count). The van der Waals surface area contributed by atoms with Crippen LogP contribution in [-0.4, -0.2) is 22.2 Å². The summed E-state index contributed by atoms with van der Waals surface area (Å²) >= 11 is 0. The minimum atomic E-state index is -1.60. The van der Waals surface area contributed by atoms with Crippen LogP contribution in [0.15, 0.2) is 67.0 Å². The van der Waals surface area contributed by atoms with Gasteiger partial charge >= 0.3 is 5.97 Å². The number of carbonyl (C=O) groups is 1. The molecule has 35 heavy (non-hydrogen) atoms. The summed E-state index contributed by atoms with van der Waals surface area (Å²) in [6.45, 7) is 3.65. The van der Waals surface area contributed by atoms with Gasteiger partial charge in [-0.2, -0.15) is 0 Å². The summed E-state index contributed by atoms with van der Waals surface area (Å²) in [7, 11) is 0. The summed E-state index contributed by atoms with van der Waals surface area (Å²) in [6, 6.07) is 15.8. The van der Waals surface area contributed by atoms with E-state index in [1.165, 1.54) is 12.1 Å². The second-order valence-corrected chi connectivity index (χ2v) is 9.60. The van der Waals surface area contributed by atoms with Gasteiger partial charge < -0.3 is 9.84 Å². The van der Waals surface area contributed by atoms with Crippen molar-refractivity contribution in [2.24, 2.45) is 5.92 Å². The number of rotatable bonds is 9. The van der Waals surface area contributed by atoms with Crippen molar-refractivity contribution < 1.29 is 23.6 Å².